The molecule has 0 aliphatic rings. The van der Waals surface area contributed by atoms with Gasteiger partial charge in [-0.2, -0.15) is 0 Å². The highest BCUT2D eigenvalue weighted by molar-refractivity contribution is 7.91. The van der Waals surface area contributed by atoms with Crippen LogP contribution in [0.4, 0.5) is 0 Å². The lowest BCUT2D eigenvalue weighted by atomic mass is 10.1. The monoisotopic (exact) mass is 243 g/mol. The Morgan fingerprint density at radius 2 is 2.12 bits per heavy atom. The molecule has 0 saturated carbocycles. The molecule has 2 unspecified atom stereocenters. The second-order valence-electron chi connectivity index (χ2n) is 4.07. The maximum Gasteiger partial charge on any atom is 0.152 e. The summed E-state index contributed by atoms with van der Waals surface area (Å²) in [7, 11) is -3.21. The Morgan fingerprint density at radius 1 is 1.50 bits per heavy atom. The number of aryl methyl sites for hydroxylation is 1. The second-order valence-corrected chi connectivity index (χ2v) is 6.48. The predicted molar refractivity (Wildman–Crippen MR) is 63.0 cm³/mol. The van der Waals surface area contributed by atoms with Gasteiger partial charge in [-0.25, -0.2) is 8.42 Å². The molecule has 16 heavy (non-hydrogen) atoms. The standard InChI is InChI=1S/C11H17NO3S/c1-8-5-4-6-12-10(8)7-11(13)9(2)16(3,14)15/h4-6,9,11,13H,7H2,1-3H3. The van der Waals surface area contributed by atoms with Gasteiger partial charge in [-0.15, -0.1) is 0 Å². The van der Waals surface area contributed by atoms with E-state index in [0.717, 1.165) is 17.5 Å². The average Bonchev–Trinajstić information content (AvgIpc) is 2.19. The van der Waals surface area contributed by atoms with E-state index in [-0.39, 0.29) is 6.42 Å². The SMILES string of the molecule is Cc1cccnc1CC(O)C(C)S(C)(=O)=O. The van der Waals surface area contributed by atoms with Crippen LogP contribution in [0.2, 0.25) is 0 Å². The first-order valence-electron chi connectivity index (χ1n) is 5.10. The van der Waals surface area contributed by atoms with Gasteiger partial charge in [0.15, 0.2) is 9.84 Å². The van der Waals surface area contributed by atoms with Gasteiger partial charge in [0.25, 0.3) is 0 Å². The smallest absolute Gasteiger partial charge is 0.152 e. The highest BCUT2D eigenvalue weighted by atomic mass is 32.2. The number of rotatable bonds is 4. The van der Waals surface area contributed by atoms with Crippen LogP contribution in [0.3, 0.4) is 0 Å². The molecule has 90 valence electrons. The summed E-state index contributed by atoms with van der Waals surface area (Å²) in [6, 6.07) is 3.70. The Balaban J connectivity index is 2.80. The van der Waals surface area contributed by atoms with Crippen LogP contribution in [-0.2, 0) is 16.3 Å². The Labute approximate surface area is 96.3 Å². The maximum atomic E-state index is 11.3. The minimum atomic E-state index is -3.21. The van der Waals surface area contributed by atoms with Crippen LogP contribution in [0.1, 0.15) is 18.2 Å². The van der Waals surface area contributed by atoms with Gasteiger partial charge in [0, 0.05) is 24.6 Å². The van der Waals surface area contributed by atoms with Crippen molar-refractivity contribution in [2.24, 2.45) is 0 Å². The van der Waals surface area contributed by atoms with Crippen LogP contribution in [0.15, 0.2) is 18.3 Å². The molecule has 0 fully saturated rings. The van der Waals surface area contributed by atoms with Crippen molar-refractivity contribution < 1.29 is 13.5 Å². The van der Waals surface area contributed by atoms with E-state index in [1.54, 1.807) is 6.20 Å². The Morgan fingerprint density at radius 3 is 2.62 bits per heavy atom. The summed E-state index contributed by atoms with van der Waals surface area (Å²) in [6.07, 6.45) is 2.12. The number of hydrogen-bond donors (Lipinski definition) is 1. The lowest BCUT2D eigenvalue weighted by molar-refractivity contribution is 0.172. The number of hydrogen-bond acceptors (Lipinski definition) is 4. The van der Waals surface area contributed by atoms with Crippen molar-refractivity contribution in [3.05, 3.63) is 29.6 Å². The number of nitrogens with zero attached hydrogens (tertiary/aromatic N) is 1. The highest BCUT2D eigenvalue weighted by Gasteiger charge is 2.24. The van der Waals surface area contributed by atoms with Crippen LogP contribution in [0.5, 0.6) is 0 Å². The molecule has 2 atom stereocenters. The Bertz CT molecular complexity index is 456. The highest BCUT2D eigenvalue weighted by Crippen LogP contribution is 2.12. The van der Waals surface area contributed by atoms with E-state index in [1.165, 1.54) is 6.92 Å². The van der Waals surface area contributed by atoms with Gasteiger partial charge in [-0.3, -0.25) is 4.98 Å². The van der Waals surface area contributed by atoms with E-state index < -0.39 is 21.2 Å². The molecule has 1 aromatic rings. The fourth-order valence-electron chi connectivity index (χ4n) is 1.38. The predicted octanol–water partition coefficient (Wildman–Crippen LogP) is 0.727. The zero-order chi connectivity index (χ0) is 12.3. The first-order valence-corrected chi connectivity index (χ1v) is 7.05. The summed E-state index contributed by atoms with van der Waals surface area (Å²) in [5.74, 6) is 0. The average molecular weight is 243 g/mol. The van der Waals surface area contributed by atoms with E-state index in [0.29, 0.717) is 0 Å². The third-order valence-electron chi connectivity index (χ3n) is 2.74. The molecule has 4 nitrogen and oxygen atoms in total. The number of aliphatic hydroxyl groups is 1. The number of sulfone groups is 1. The molecule has 0 aliphatic carbocycles. The normalized spacial score (nSPS) is 15.8. The molecule has 0 aliphatic heterocycles. The van der Waals surface area contributed by atoms with E-state index in [9.17, 15) is 13.5 Å². The summed E-state index contributed by atoms with van der Waals surface area (Å²) in [6.45, 7) is 3.40. The fraction of sp³-hybridized carbons (Fsp3) is 0.545. The molecule has 5 heteroatoms. The van der Waals surface area contributed by atoms with Crippen LogP contribution in [-0.4, -0.2) is 36.1 Å². The third kappa shape index (κ3) is 3.28. The fourth-order valence-corrected chi connectivity index (χ4v) is 2.05. The number of aliphatic hydroxyl groups excluding tert-OH is 1. The first-order chi connectivity index (χ1) is 7.32. The van der Waals surface area contributed by atoms with E-state index in [4.69, 9.17) is 0 Å². The lowest BCUT2D eigenvalue weighted by Crippen LogP contribution is -2.32. The van der Waals surface area contributed by atoms with Gasteiger partial charge in [0.1, 0.15) is 0 Å². The quantitative estimate of drug-likeness (QED) is 0.846. The van der Waals surface area contributed by atoms with E-state index in [2.05, 4.69) is 4.98 Å². The van der Waals surface area contributed by atoms with Crippen molar-refractivity contribution in [1.82, 2.24) is 4.98 Å². The molecular weight excluding hydrogens is 226 g/mol. The number of pyridine rings is 1. The summed E-state index contributed by atoms with van der Waals surface area (Å²) < 4.78 is 22.5. The molecule has 1 heterocycles. The molecule has 0 aromatic carbocycles. The summed E-state index contributed by atoms with van der Waals surface area (Å²) in [4.78, 5) is 4.13. The minimum Gasteiger partial charge on any atom is -0.391 e. The largest absolute Gasteiger partial charge is 0.391 e. The van der Waals surface area contributed by atoms with Gasteiger partial charge in [0.2, 0.25) is 0 Å². The van der Waals surface area contributed by atoms with Crippen molar-refractivity contribution in [3.63, 3.8) is 0 Å². The summed E-state index contributed by atoms with van der Waals surface area (Å²) >= 11 is 0. The molecule has 1 N–H and O–H groups in total. The van der Waals surface area contributed by atoms with Gasteiger partial charge >= 0.3 is 0 Å². The zero-order valence-electron chi connectivity index (χ0n) is 9.71. The van der Waals surface area contributed by atoms with Crippen molar-refractivity contribution in [2.75, 3.05) is 6.26 Å². The zero-order valence-corrected chi connectivity index (χ0v) is 10.5. The first kappa shape index (κ1) is 13.1. The lowest BCUT2D eigenvalue weighted by Gasteiger charge is -2.17. The van der Waals surface area contributed by atoms with Gasteiger partial charge in [-0.1, -0.05) is 6.07 Å². The maximum absolute atomic E-state index is 11.3. The molecule has 0 amide bonds. The van der Waals surface area contributed by atoms with Crippen molar-refractivity contribution in [3.8, 4) is 0 Å². The topological polar surface area (TPSA) is 67.3 Å². The molecule has 1 rings (SSSR count). The molecule has 0 bridgehead atoms. The van der Waals surface area contributed by atoms with Crippen molar-refractivity contribution >= 4 is 9.84 Å². The van der Waals surface area contributed by atoms with Gasteiger partial charge in [0.05, 0.1) is 11.4 Å². The van der Waals surface area contributed by atoms with Crippen LogP contribution < -0.4 is 0 Å². The van der Waals surface area contributed by atoms with Crippen LogP contribution in [0, 0.1) is 6.92 Å². The van der Waals surface area contributed by atoms with Crippen molar-refractivity contribution in [1.29, 1.82) is 0 Å². The molecule has 0 saturated heterocycles. The van der Waals surface area contributed by atoms with Gasteiger partial charge in [-0.05, 0) is 25.5 Å². The van der Waals surface area contributed by atoms with Crippen LogP contribution in [0.25, 0.3) is 0 Å². The second kappa shape index (κ2) is 4.93. The molecular formula is C11H17NO3S. The minimum absolute atomic E-state index is 0.265. The molecule has 0 spiro atoms. The third-order valence-corrected chi connectivity index (χ3v) is 4.40. The summed E-state index contributed by atoms with van der Waals surface area (Å²) in [5, 5.41) is 9.04. The Hall–Kier alpha value is -0.940. The number of aromatic nitrogens is 1. The van der Waals surface area contributed by atoms with E-state index in [1.807, 2.05) is 19.1 Å². The van der Waals surface area contributed by atoms with Crippen molar-refractivity contribution in [2.45, 2.75) is 31.6 Å². The molecule has 1 aromatic heterocycles. The Kier molecular flexibility index (Phi) is 4.04. The molecule has 0 radical (unpaired) electrons. The van der Waals surface area contributed by atoms with Gasteiger partial charge < -0.3 is 5.11 Å². The van der Waals surface area contributed by atoms with Crippen LogP contribution >= 0.6 is 0 Å². The summed E-state index contributed by atoms with van der Waals surface area (Å²) in [5.41, 5.74) is 1.70. The van der Waals surface area contributed by atoms with E-state index >= 15 is 0 Å².